The quantitative estimate of drug-likeness (QED) is 0.463. The molecule has 0 unspecified atom stereocenters. The van der Waals surface area contributed by atoms with Gasteiger partial charge >= 0.3 is 0 Å². The summed E-state index contributed by atoms with van der Waals surface area (Å²) < 4.78 is 18.9. The molecule has 156 valence electrons. The predicted octanol–water partition coefficient (Wildman–Crippen LogP) is 5.57. The monoisotopic (exact) mass is 415 g/mol. The fourth-order valence-corrected chi connectivity index (χ4v) is 3.82. The van der Waals surface area contributed by atoms with Gasteiger partial charge in [-0.25, -0.2) is 9.37 Å². The lowest BCUT2D eigenvalue weighted by Gasteiger charge is -2.27. The van der Waals surface area contributed by atoms with Crippen LogP contribution in [0.3, 0.4) is 0 Å². The van der Waals surface area contributed by atoms with Crippen LogP contribution in [0.5, 0.6) is 0 Å². The molecule has 1 aliphatic rings. The third kappa shape index (κ3) is 3.69. The fourth-order valence-electron chi connectivity index (χ4n) is 3.82. The van der Waals surface area contributed by atoms with Crippen LogP contribution < -0.4 is 5.32 Å². The number of benzene rings is 2. The Morgan fingerprint density at radius 1 is 1.10 bits per heavy atom. The van der Waals surface area contributed by atoms with E-state index in [0.717, 1.165) is 29.7 Å². The molecule has 0 atom stereocenters. The molecule has 5 nitrogen and oxygen atoms in total. The van der Waals surface area contributed by atoms with E-state index < -0.39 is 5.54 Å². The number of halogens is 1. The van der Waals surface area contributed by atoms with Crippen molar-refractivity contribution >= 4 is 17.0 Å². The van der Waals surface area contributed by atoms with Gasteiger partial charge in [0.15, 0.2) is 0 Å². The van der Waals surface area contributed by atoms with Gasteiger partial charge in [0.1, 0.15) is 11.5 Å². The molecule has 2 heterocycles. The highest BCUT2D eigenvalue weighted by molar-refractivity contribution is 6.09. The smallest absolute Gasteiger partial charge is 0.259 e. The molecule has 31 heavy (non-hydrogen) atoms. The third-order valence-corrected chi connectivity index (χ3v) is 5.75. The summed E-state index contributed by atoms with van der Waals surface area (Å²) in [4.78, 5) is 18.1. The molecule has 0 spiro atoms. The Morgan fingerprint density at radius 3 is 2.48 bits per heavy atom. The molecule has 2 aromatic carbocycles. The molecule has 1 aliphatic carbocycles. The summed E-state index contributed by atoms with van der Waals surface area (Å²) in [5.74, 6) is -0.205. The maximum atomic E-state index is 13.5. The standard InChI is InChI=1S/C25H22FN3O2/c1-25(2,17-10-12-18(26)13-11-17)28-23(30)19-14-20(15-8-9-15)27-24-21(19)22(29-31-24)16-6-4-3-5-7-16/h3-7,10-15H,8-9H2,1-2H3,(H,28,30). The maximum absolute atomic E-state index is 13.5. The molecule has 1 N–H and O–H groups in total. The van der Waals surface area contributed by atoms with Gasteiger partial charge in [-0.05, 0) is 50.5 Å². The van der Waals surface area contributed by atoms with Gasteiger partial charge in [0.05, 0.1) is 16.5 Å². The first-order chi connectivity index (χ1) is 14.9. The van der Waals surface area contributed by atoms with Gasteiger partial charge < -0.3 is 9.84 Å². The number of hydrogen-bond acceptors (Lipinski definition) is 4. The van der Waals surface area contributed by atoms with Gasteiger partial charge in [0.2, 0.25) is 0 Å². The van der Waals surface area contributed by atoms with Crippen molar-refractivity contribution in [2.24, 2.45) is 0 Å². The van der Waals surface area contributed by atoms with Crippen LogP contribution in [-0.2, 0) is 5.54 Å². The zero-order chi connectivity index (χ0) is 21.6. The number of carbonyl (C=O) groups excluding carboxylic acids is 1. The van der Waals surface area contributed by atoms with Crippen LogP contribution >= 0.6 is 0 Å². The Hall–Kier alpha value is -3.54. The van der Waals surface area contributed by atoms with Gasteiger partial charge in [0, 0.05) is 17.2 Å². The van der Waals surface area contributed by atoms with E-state index >= 15 is 0 Å². The lowest BCUT2D eigenvalue weighted by molar-refractivity contribution is 0.0913. The van der Waals surface area contributed by atoms with E-state index in [0.29, 0.717) is 28.3 Å². The van der Waals surface area contributed by atoms with Crippen molar-refractivity contribution in [3.05, 3.63) is 83.3 Å². The SMILES string of the molecule is CC(C)(NC(=O)c1cc(C2CC2)nc2onc(-c3ccccc3)c12)c1ccc(F)cc1. The van der Waals surface area contributed by atoms with Crippen molar-refractivity contribution in [2.75, 3.05) is 0 Å². The van der Waals surface area contributed by atoms with E-state index in [2.05, 4.69) is 15.5 Å². The topological polar surface area (TPSA) is 68.0 Å². The lowest BCUT2D eigenvalue weighted by atomic mass is 9.93. The fraction of sp³-hybridized carbons (Fsp3) is 0.240. The van der Waals surface area contributed by atoms with E-state index in [4.69, 9.17) is 4.52 Å². The number of nitrogens with one attached hydrogen (secondary N) is 1. The number of pyridine rings is 1. The van der Waals surface area contributed by atoms with Gasteiger partial charge in [-0.1, -0.05) is 47.6 Å². The van der Waals surface area contributed by atoms with Crippen molar-refractivity contribution < 1.29 is 13.7 Å². The Morgan fingerprint density at radius 2 is 1.81 bits per heavy atom. The average molecular weight is 415 g/mol. The molecule has 0 bridgehead atoms. The Labute approximate surface area is 179 Å². The van der Waals surface area contributed by atoms with Crippen LogP contribution in [0.15, 0.2) is 65.2 Å². The van der Waals surface area contributed by atoms with Crippen molar-refractivity contribution in [1.82, 2.24) is 15.5 Å². The molecular weight excluding hydrogens is 393 g/mol. The number of amides is 1. The van der Waals surface area contributed by atoms with Gasteiger partial charge in [0.25, 0.3) is 11.6 Å². The summed E-state index contributed by atoms with van der Waals surface area (Å²) in [6, 6.07) is 17.6. The van der Waals surface area contributed by atoms with Crippen molar-refractivity contribution in [3.63, 3.8) is 0 Å². The van der Waals surface area contributed by atoms with Crippen LogP contribution in [0, 0.1) is 5.82 Å². The molecule has 0 radical (unpaired) electrons. The highest BCUT2D eigenvalue weighted by atomic mass is 19.1. The summed E-state index contributed by atoms with van der Waals surface area (Å²) in [6.45, 7) is 3.79. The first-order valence-electron chi connectivity index (χ1n) is 10.4. The van der Waals surface area contributed by atoms with E-state index in [9.17, 15) is 9.18 Å². The van der Waals surface area contributed by atoms with Crippen LogP contribution in [0.2, 0.25) is 0 Å². The van der Waals surface area contributed by atoms with E-state index in [1.165, 1.54) is 12.1 Å². The van der Waals surface area contributed by atoms with Crippen molar-refractivity contribution in [3.8, 4) is 11.3 Å². The predicted molar refractivity (Wildman–Crippen MR) is 116 cm³/mol. The number of rotatable bonds is 5. The first-order valence-corrected chi connectivity index (χ1v) is 10.4. The van der Waals surface area contributed by atoms with Crippen molar-refractivity contribution in [1.29, 1.82) is 0 Å². The van der Waals surface area contributed by atoms with E-state index in [1.54, 1.807) is 12.1 Å². The highest BCUT2D eigenvalue weighted by Crippen LogP contribution is 2.41. The number of nitrogens with zero attached hydrogens (tertiary/aromatic N) is 2. The summed E-state index contributed by atoms with van der Waals surface area (Å²) in [5, 5.41) is 7.93. The second-order valence-corrected chi connectivity index (χ2v) is 8.53. The number of carbonyl (C=O) groups is 1. The summed E-state index contributed by atoms with van der Waals surface area (Å²) in [6.07, 6.45) is 2.11. The molecule has 4 aromatic rings. The van der Waals surface area contributed by atoms with Crippen molar-refractivity contribution in [2.45, 2.75) is 38.1 Å². The molecule has 1 amide bonds. The van der Waals surface area contributed by atoms with Gasteiger partial charge in [-0.2, -0.15) is 0 Å². The summed E-state index contributed by atoms with van der Waals surface area (Å²) >= 11 is 0. The average Bonchev–Trinajstić information content (AvgIpc) is 3.53. The first kappa shape index (κ1) is 19.4. The minimum atomic E-state index is -0.704. The molecule has 1 saturated carbocycles. The normalized spacial score (nSPS) is 14.0. The molecule has 2 aromatic heterocycles. The number of fused-ring (bicyclic) bond motifs is 1. The zero-order valence-electron chi connectivity index (χ0n) is 17.4. The Bertz CT molecular complexity index is 1260. The third-order valence-electron chi connectivity index (χ3n) is 5.75. The summed E-state index contributed by atoms with van der Waals surface area (Å²) in [7, 11) is 0. The van der Waals surface area contributed by atoms with Crippen LogP contribution in [-0.4, -0.2) is 16.0 Å². The second kappa shape index (κ2) is 7.30. The largest absolute Gasteiger partial charge is 0.343 e. The Balaban J connectivity index is 1.59. The highest BCUT2D eigenvalue weighted by Gasteiger charge is 2.31. The molecule has 1 fully saturated rings. The second-order valence-electron chi connectivity index (χ2n) is 8.53. The number of aromatic nitrogens is 2. The van der Waals surface area contributed by atoms with E-state index in [-0.39, 0.29) is 11.7 Å². The van der Waals surface area contributed by atoms with Crippen LogP contribution in [0.1, 0.15) is 54.2 Å². The minimum absolute atomic E-state index is 0.246. The molecule has 6 heteroatoms. The molecule has 5 rings (SSSR count). The van der Waals surface area contributed by atoms with Crippen LogP contribution in [0.4, 0.5) is 4.39 Å². The minimum Gasteiger partial charge on any atom is -0.343 e. The van der Waals surface area contributed by atoms with Gasteiger partial charge in [-0.15, -0.1) is 0 Å². The van der Waals surface area contributed by atoms with E-state index in [1.807, 2.05) is 50.2 Å². The van der Waals surface area contributed by atoms with Gasteiger partial charge in [-0.3, -0.25) is 4.79 Å². The molecule has 0 saturated heterocycles. The zero-order valence-corrected chi connectivity index (χ0v) is 17.4. The Kier molecular flexibility index (Phi) is 4.58. The molecular formula is C25H22FN3O2. The maximum Gasteiger partial charge on any atom is 0.259 e. The molecule has 0 aliphatic heterocycles. The van der Waals surface area contributed by atoms with Crippen LogP contribution in [0.25, 0.3) is 22.4 Å². The number of hydrogen-bond donors (Lipinski definition) is 1. The lowest BCUT2D eigenvalue weighted by Crippen LogP contribution is -2.41. The summed E-state index contributed by atoms with van der Waals surface area (Å²) in [5.41, 5.74) is 3.26.